The first kappa shape index (κ1) is 18.5. The lowest BCUT2D eigenvalue weighted by atomic mass is 10.1. The van der Waals surface area contributed by atoms with Gasteiger partial charge in [0.1, 0.15) is 11.7 Å². The number of rotatable bonds is 3. The average molecular weight is 391 g/mol. The standard InChI is InChI=1S/C22H21N3O2S/c1-14-6-5-9-18(15(14)2)24-21(26)19-12-28-13-25(19)22(27)20-17-8-4-3-7-16(17)10-11-23-20/h3-11,19H,12-13H2,1-2H3,(H,24,26). The van der Waals surface area contributed by atoms with Gasteiger partial charge in [0.05, 0.1) is 5.88 Å². The van der Waals surface area contributed by atoms with Crippen molar-refractivity contribution in [3.05, 3.63) is 71.5 Å². The lowest BCUT2D eigenvalue weighted by Crippen LogP contribution is -2.44. The molecule has 0 bridgehead atoms. The number of carbonyl (C=O) groups is 2. The van der Waals surface area contributed by atoms with Crippen molar-refractivity contribution in [2.75, 3.05) is 16.9 Å². The summed E-state index contributed by atoms with van der Waals surface area (Å²) < 4.78 is 0. The smallest absolute Gasteiger partial charge is 0.274 e. The van der Waals surface area contributed by atoms with Gasteiger partial charge in [-0.15, -0.1) is 11.8 Å². The molecule has 2 heterocycles. The van der Waals surface area contributed by atoms with E-state index in [1.807, 2.05) is 62.4 Å². The Bertz CT molecular complexity index is 1060. The fourth-order valence-electron chi connectivity index (χ4n) is 3.39. The molecule has 142 valence electrons. The molecule has 28 heavy (non-hydrogen) atoms. The summed E-state index contributed by atoms with van der Waals surface area (Å²) in [6, 6.07) is 14.9. The van der Waals surface area contributed by atoms with Gasteiger partial charge in [-0.05, 0) is 42.5 Å². The summed E-state index contributed by atoms with van der Waals surface area (Å²) in [6.45, 7) is 4.00. The molecule has 1 atom stereocenters. The number of hydrogen-bond donors (Lipinski definition) is 1. The number of aryl methyl sites for hydroxylation is 1. The highest BCUT2D eigenvalue weighted by molar-refractivity contribution is 7.99. The minimum absolute atomic E-state index is 0.160. The van der Waals surface area contributed by atoms with E-state index in [9.17, 15) is 9.59 Å². The number of benzene rings is 2. The Morgan fingerprint density at radius 1 is 1.11 bits per heavy atom. The highest BCUT2D eigenvalue weighted by Gasteiger charge is 2.36. The predicted molar refractivity (Wildman–Crippen MR) is 114 cm³/mol. The second-order valence-corrected chi connectivity index (χ2v) is 7.91. The molecule has 2 amide bonds. The largest absolute Gasteiger partial charge is 0.324 e. The van der Waals surface area contributed by atoms with Crippen LogP contribution in [0, 0.1) is 13.8 Å². The summed E-state index contributed by atoms with van der Waals surface area (Å²) in [4.78, 5) is 32.1. The molecule has 4 rings (SSSR count). The molecule has 1 fully saturated rings. The molecule has 1 N–H and O–H groups in total. The number of carbonyl (C=O) groups excluding carboxylic acids is 2. The molecule has 1 aliphatic heterocycles. The minimum atomic E-state index is -0.516. The van der Waals surface area contributed by atoms with Gasteiger partial charge in [0, 0.05) is 23.0 Å². The molecule has 1 aromatic heterocycles. The number of anilines is 1. The molecule has 1 unspecified atom stereocenters. The molecule has 0 spiro atoms. The van der Waals surface area contributed by atoms with Crippen LogP contribution in [0.2, 0.25) is 0 Å². The molecule has 1 aliphatic rings. The Balaban J connectivity index is 1.60. The van der Waals surface area contributed by atoms with Gasteiger partial charge in [-0.2, -0.15) is 0 Å². The van der Waals surface area contributed by atoms with E-state index in [2.05, 4.69) is 10.3 Å². The first-order valence-corrected chi connectivity index (χ1v) is 10.3. The van der Waals surface area contributed by atoms with Crippen LogP contribution >= 0.6 is 11.8 Å². The van der Waals surface area contributed by atoms with Crippen LogP contribution in [0.3, 0.4) is 0 Å². The number of aromatic nitrogens is 1. The second-order valence-electron chi connectivity index (χ2n) is 6.91. The zero-order chi connectivity index (χ0) is 19.7. The fourth-order valence-corrected chi connectivity index (χ4v) is 4.54. The maximum atomic E-state index is 13.2. The quantitative estimate of drug-likeness (QED) is 0.733. The third kappa shape index (κ3) is 3.36. The van der Waals surface area contributed by atoms with Gasteiger partial charge >= 0.3 is 0 Å². The number of nitrogens with zero attached hydrogens (tertiary/aromatic N) is 2. The Hall–Kier alpha value is -2.86. The molecule has 6 heteroatoms. The zero-order valence-electron chi connectivity index (χ0n) is 15.8. The van der Waals surface area contributed by atoms with Crippen LogP contribution in [-0.2, 0) is 4.79 Å². The normalized spacial score (nSPS) is 16.4. The number of hydrogen-bond acceptors (Lipinski definition) is 4. The van der Waals surface area contributed by atoms with Crippen molar-refractivity contribution in [1.29, 1.82) is 0 Å². The topological polar surface area (TPSA) is 62.3 Å². The van der Waals surface area contributed by atoms with Gasteiger partial charge in [0.15, 0.2) is 0 Å². The van der Waals surface area contributed by atoms with Crippen molar-refractivity contribution in [1.82, 2.24) is 9.88 Å². The third-order valence-electron chi connectivity index (χ3n) is 5.18. The summed E-state index contributed by atoms with van der Waals surface area (Å²) in [5, 5.41) is 4.77. The summed E-state index contributed by atoms with van der Waals surface area (Å²) >= 11 is 1.58. The van der Waals surface area contributed by atoms with Crippen LogP contribution < -0.4 is 5.32 Å². The SMILES string of the molecule is Cc1cccc(NC(=O)C2CSCN2C(=O)c2nccc3ccccc23)c1C. The molecular formula is C22H21N3O2S. The lowest BCUT2D eigenvalue weighted by Gasteiger charge is -2.23. The van der Waals surface area contributed by atoms with E-state index in [-0.39, 0.29) is 11.8 Å². The van der Waals surface area contributed by atoms with E-state index in [0.29, 0.717) is 17.3 Å². The Labute approximate surface area is 168 Å². The van der Waals surface area contributed by atoms with E-state index in [0.717, 1.165) is 27.6 Å². The van der Waals surface area contributed by atoms with Crippen LogP contribution in [0.1, 0.15) is 21.6 Å². The Morgan fingerprint density at radius 3 is 2.79 bits per heavy atom. The third-order valence-corrected chi connectivity index (χ3v) is 6.20. The van der Waals surface area contributed by atoms with Crippen LogP contribution in [-0.4, -0.2) is 39.4 Å². The monoisotopic (exact) mass is 391 g/mol. The number of amides is 2. The molecule has 1 saturated heterocycles. The van der Waals surface area contributed by atoms with Crippen LogP contribution in [0.4, 0.5) is 5.69 Å². The number of thioether (sulfide) groups is 1. The molecule has 2 aromatic carbocycles. The molecule has 0 radical (unpaired) electrons. The van der Waals surface area contributed by atoms with Crippen molar-refractivity contribution in [2.45, 2.75) is 19.9 Å². The van der Waals surface area contributed by atoms with E-state index < -0.39 is 6.04 Å². The van der Waals surface area contributed by atoms with Gasteiger partial charge in [-0.25, -0.2) is 0 Å². The van der Waals surface area contributed by atoms with Gasteiger partial charge in [-0.3, -0.25) is 14.6 Å². The first-order chi connectivity index (χ1) is 13.6. The molecule has 0 aliphatic carbocycles. The van der Waals surface area contributed by atoms with Gasteiger partial charge in [0.2, 0.25) is 5.91 Å². The Kier molecular flexibility index (Phi) is 5.05. The number of fused-ring (bicyclic) bond motifs is 1. The lowest BCUT2D eigenvalue weighted by molar-refractivity contribution is -0.119. The Morgan fingerprint density at radius 2 is 1.93 bits per heavy atom. The van der Waals surface area contributed by atoms with Crippen LogP contribution in [0.25, 0.3) is 10.8 Å². The van der Waals surface area contributed by atoms with E-state index >= 15 is 0 Å². The maximum Gasteiger partial charge on any atom is 0.274 e. The highest BCUT2D eigenvalue weighted by atomic mass is 32.2. The first-order valence-electron chi connectivity index (χ1n) is 9.16. The van der Waals surface area contributed by atoms with Crippen LogP contribution in [0.15, 0.2) is 54.7 Å². The molecule has 3 aromatic rings. The zero-order valence-corrected chi connectivity index (χ0v) is 16.6. The van der Waals surface area contributed by atoms with E-state index in [4.69, 9.17) is 0 Å². The van der Waals surface area contributed by atoms with Crippen molar-refractivity contribution >= 4 is 40.0 Å². The van der Waals surface area contributed by atoms with Crippen molar-refractivity contribution < 1.29 is 9.59 Å². The summed E-state index contributed by atoms with van der Waals surface area (Å²) in [5.41, 5.74) is 3.34. The van der Waals surface area contributed by atoms with Gasteiger partial charge in [-0.1, -0.05) is 36.4 Å². The van der Waals surface area contributed by atoms with Gasteiger partial charge in [0.25, 0.3) is 5.91 Å². The molecule has 0 saturated carbocycles. The fraction of sp³-hybridized carbons (Fsp3) is 0.227. The minimum Gasteiger partial charge on any atom is -0.324 e. The molecule has 5 nitrogen and oxygen atoms in total. The summed E-state index contributed by atoms with van der Waals surface area (Å²) in [7, 11) is 0. The predicted octanol–water partition coefficient (Wildman–Crippen LogP) is 4.01. The van der Waals surface area contributed by atoms with E-state index in [1.54, 1.807) is 22.9 Å². The van der Waals surface area contributed by atoms with E-state index in [1.165, 1.54) is 0 Å². The van der Waals surface area contributed by atoms with Crippen molar-refractivity contribution in [2.24, 2.45) is 0 Å². The number of pyridine rings is 1. The highest BCUT2D eigenvalue weighted by Crippen LogP contribution is 2.27. The summed E-state index contributed by atoms with van der Waals surface area (Å²) in [6.07, 6.45) is 1.64. The van der Waals surface area contributed by atoms with Crippen LogP contribution in [0.5, 0.6) is 0 Å². The van der Waals surface area contributed by atoms with Gasteiger partial charge < -0.3 is 10.2 Å². The number of nitrogens with one attached hydrogen (secondary N) is 1. The second kappa shape index (κ2) is 7.64. The molecular weight excluding hydrogens is 370 g/mol. The van der Waals surface area contributed by atoms with Crippen molar-refractivity contribution in [3.63, 3.8) is 0 Å². The van der Waals surface area contributed by atoms with Crippen molar-refractivity contribution in [3.8, 4) is 0 Å². The summed E-state index contributed by atoms with van der Waals surface area (Å²) in [5.74, 6) is 0.692. The average Bonchev–Trinajstić information content (AvgIpc) is 3.20. The maximum absolute atomic E-state index is 13.2.